The second-order valence-corrected chi connectivity index (χ2v) is 3.40. The Balaban J connectivity index is 2.48. The second kappa shape index (κ2) is 3.86. The average Bonchev–Trinajstić information content (AvgIpc) is 1.97. The normalized spacial score (nSPS) is 32.4. The number of hydrogen-bond acceptors (Lipinski definition) is 2. The molecule has 1 aliphatic rings. The zero-order chi connectivity index (χ0) is 8.27. The predicted molar refractivity (Wildman–Crippen MR) is 43.4 cm³/mol. The van der Waals surface area contributed by atoms with Crippen LogP contribution in [0.15, 0.2) is 0 Å². The van der Waals surface area contributed by atoms with Crippen molar-refractivity contribution in [2.24, 2.45) is 11.8 Å². The van der Waals surface area contributed by atoms with Gasteiger partial charge in [-0.2, -0.15) is 0 Å². The van der Waals surface area contributed by atoms with E-state index in [-0.39, 0.29) is 5.92 Å². The summed E-state index contributed by atoms with van der Waals surface area (Å²) in [6.45, 7) is 2.75. The van der Waals surface area contributed by atoms with Crippen LogP contribution in [0.1, 0.15) is 26.2 Å². The number of ether oxygens (including phenoxy) is 1. The van der Waals surface area contributed by atoms with E-state index in [1.807, 2.05) is 0 Å². The Morgan fingerprint density at radius 2 is 2.36 bits per heavy atom. The highest BCUT2D eigenvalue weighted by Gasteiger charge is 2.28. The number of carbonyl (C=O) groups excluding carboxylic acids is 1. The number of methoxy groups -OCH3 is 1. The molecule has 0 spiro atoms. The standard InChI is InChI=1S/C9H16O2/c1-7-4-3-5-9(10)8(7)6-11-2/h7-8H,3-6H2,1-2H3/t7-,8-/m0/s1. The van der Waals surface area contributed by atoms with Crippen molar-refractivity contribution in [2.45, 2.75) is 26.2 Å². The summed E-state index contributed by atoms with van der Waals surface area (Å²) >= 11 is 0. The molecule has 0 N–H and O–H groups in total. The van der Waals surface area contributed by atoms with Crippen molar-refractivity contribution in [1.82, 2.24) is 0 Å². The van der Waals surface area contributed by atoms with Crippen LogP contribution in [0.5, 0.6) is 0 Å². The lowest BCUT2D eigenvalue weighted by Gasteiger charge is -2.26. The highest BCUT2D eigenvalue weighted by Crippen LogP contribution is 2.26. The minimum atomic E-state index is 0.175. The molecule has 1 aliphatic carbocycles. The van der Waals surface area contributed by atoms with Crippen molar-refractivity contribution in [2.75, 3.05) is 13.7 Å². The van der Waals surface area contributed by atoms with Gasteiger partial charge in [-0.1, -0.05) is 6.92 Å². The molecule has 2 atom stereocenters. The van der Waals surface area contributed by atoms with Crippen molar-refractivity contribution in [3.63, 3.8) is 0 Å². The molecule has 1 saturated carbocycles. The molecule has 0 bridgehead atoms. The summed E-state index contributed by atoms with van der Waals surface area (Å²) in [5, 5.41) is 0. The first-order valence-corrected chi connectivity index (χ1v) is 4.27. The van der Waals surface area contributed by atoms with Crippen LogP contribution in [0.4, 0.5) is 0 Å². The van der Waals surface area contributed by atoms with Gasteiger partial charge in [-0.05, 0) is 18.8 Å². The van der Waals surface area contributed by atoms with E-state index < -0.39 is 0 Å². The van der Waals surface area contributed by atoms with Crippen LogP contribution < -0.4 is 0 Å². The minimum absolute atomic E-state index is 0.175. The first-order valence-electron chi connectivity index (χ1n) is 4.27. The highest BCUT2D eigenvalue weighted by molar-refractivity contribution is 5.82. The van der Waals surface area contributed by atoms with Crippen molar-refractivity contribution < 1.29 is 9.53 Å². The van der Waals surface area contributed by atoms with E-state index in [9.17, 15) is 4.79 Å². The largest absolute Gasteiger partial charge is 0.384 e. The number of carbonyl (C=O) groups is 1. The quantitative estimate of drug-likeness (QED) is 0.607. The lowest BCUT2D eigenvalue weighted by molar-refractivity contribution is -0.128. The summed E-state index contributed by atoms with van der Waals surface area (Å²) in [6, 6.07) is 0. The maximum absolute atomic E-state index is 11.3. The van der Waals surface area contributed by atoms with Gasteiger partial charge in [-0.25, -0.2) is 0 Å². The smallest absolute Gasteiger partial charge is 0.138 e. The van der Waals surface area contributed by atoms with E-state index in [4.69, 9.17) is 4.74 Å². The summed E-state index contributed by atoms with van der Waals surface area (Å²) in [5.41, 5.74) is 0. The van der Waals surface area contributed by atoms with E-state index in [1.54, 1.807) is 7.11 Å². The summed E-state index contributed by atoms with van der Waals surface area (Å²) in [5.74, 6) is 1.09. The highest BCUT2D eigenvalue weighted by atomic mass is 16.5. The lowest BCUT2D eigenvalue weighted by atomic mass is 9.80. The van der Waals surface area contributed by atoms with Crippen LogP contribution in [0, 0.1) is 11.8 Å². The Morgan fingerprint density at radius 3 is 2.91 bits per heavy atom. The molecule has 0 aromatic rings. The summed E-state index contributed by atoms with van der Waals surface area (Å²) in [4.78, 5) is 11.3. The topological polar surface area (TPSA) is 26.3 Å². The monoisotopic (exact) mass is 156 g/mol. The van der Waals surface area contributed by atoms with E-state index in [2.05, 4.69) is 6.92 Å². The van der Waals surface area contributed by atoms with Crippen LogP contribution in [0.3, 0.4) is 0 Å². The Morgan fingerprint density at radius 1 is 1.64 bits per heavy atom. The summed E-state index contributed by atoms with van der Waals surface area (Å²) in [6.07, 6.45) is 3.01. The molecule has 1 fully saturated rings. The molecule has 64 valence electrons. The average molecular weight is 156 g/mol. The fourth-order valence-electron chi connectivity index (χ4n) is 1.74. The second-order valence-electron chi connectivity index (χ2n) is 3.40. The van der Waals surface area contributed by atoms with Gasteiger partial charge >= 0.3 is 0 Å². The molecule has 0 amide bonds. The molecule has 0 aliphatic heterocycles. The molecular formula is C9H16O2. The summed E-state index contributed by atoms with van der Waals surface area (Å²) < 4.78 is 5.00. The fourth-order valence-corrected chi connectivity index (χ4v) is 1.74. The SMILES string of the molecule is COC[C@@H]1C(=O)CCC[C@@H]1C. The van der Waals surface area contributed by atoms with E-state index >= 15 is 0 Å². The van der Waals surface area contributed by atoms with Gasteiger partial charge in [0.05, 0.1) is 6.61 Å². The molecule has 0 radical (unpaired) electrons. The third-order valence-electron chi connectivity index (χ3n) is 2.53. The molecule has 0 saturated heterocycles. The zero-order valence-electron chi connectivity index (χ0n) is 7.30. The Hall–Kier alpha value is -0.370. The number of ketones is 1. The van der Waals surface area contributed by atoms with Crippen molar-refractivity contribution in [3.05, 3.63) is 0 Å². The van der Waals surface area contributed by atoms with Gasteiger partial charge in [0.2, 0.25) is 0 Å². The lowest BCUT2D eigenvalue weighted by Crippen LogP contribution is -2.30. The first kappa shape index (κ1) is 8.72. The maximum atomic E-state index is 11.3. The zero-order valence-corrected chi connectivity index (χ0v) is 7.30. The van der Waals surface area contributed by atoms with Gasteiger partial charge in [0.15, 0.2) is 0 Å². The molecule has 2 heteroatoms. The minimum Gasteiger partial charge on any atom is -0.384 e. The molecule has 0 aromatic carbocycles. The van der Waals surface area contributed by atoms with E-state index in [1.165, 1.54) is 6.42 Å². The molecule has 0 aromatic heterocycles. The van der Waals surface area contributed by atoms with Gasteiger partial charge in [0.25, 0.3) is 0 Å². The van der Waals surface area contributed by atoms with Crippen LogP contribution in [-0.4, -0.2) is 19.5 Å². The van der Waals surface area contributed by atoms with Crippen molar-refractivity contribution in [1.29, 1.82) is 0 Å². The predicted octanol–water partition coefficient (Wildman–Crippen LogP) is 1.64. The first-order chi connectivity index (χ1) is 5.25. The van der Waals surface area contributed by atoms with E-state index in [0.717, 1.165) is 12.8 Å². The van der Waals surface area contributed by atoms with Gasteiger partial charge in [-0.3, -0.25) is 4.79 Å². The third kappa shape index (κ3) is 2.03. The van der Waals surface area contributed by atoms with Gasteiger partial charge in [-0.15, -0.1) is 0 Å². The Labute approximate surface area is 67.9 Å². The van der Waals surface area contributed by atoms with Gasteiger partial charge < -0.3 is 4.74 Å². The molecule has 2 nitrogen and oxygen atoms in total. The molecule has 0 unspecified atom stereocenters. The van der Waals surface area contributed by atoms with Gasteiger partial charge in [0, 0.05) is 19.4 Å². The third-order valence-corrected chi connectivity index (χ3v) is 2.53. The summed E-state index contributed by atoms with van der Waals surface area (Å²) in [7, 11) is 1.66. The van der Waals surface area contributed by atoms with Crippen molar-refractivity contribution >= 4 is 5.78 Å². The van der Waals surface area contributed by atoms with Crippen molar-refractivity contribution in [3.8, 4) is 0 Å². The van der Waals surface area contributed by atoms with E-state index in [0.29, 0.717) is 18.3 Å². The van der Waals surface area contributed by atoms with Crippen LogP contribution in [-0.2, 0) is 9.53 Å². The Kier molecular flexibility index (Phi) is 3.06. The molecule has 1 rings (SSSR count). The van der Waals surface area contributed by atoms with Crippen LogP contribution in [0.25, 0.3) is 0 Å². The molecule has 11 heavy (non-hydrogen) atoms. The Bertz CT molecular complexity index is 142. The van der Waals surface area contributed by atoms with Crippen LogP contribution >= 0.6 is 0 Å². The van der Waals surface area contributed by atoms with Gasteiger partial charge in [0.1, 0.15) is 5.78 Å². The molecular weight excluding hydrogens is 140 g/mol. The van der Waals surface area contributed by atoms with Crippen LogP contribution in [0.2, 0.25) is 0 Å². The molecule has 0 heterocycles. The number of Topliss-reactive ketones (excluding diaryl/α,β-unsaturated/α-hetero) is 1. The maximum Gasteiger partial charge on any atom is 0.138 e. The number of rotatable bonds is 2. The number of hydrogen-bond donors (Lipinski definition) is 0. The fraction of sp³-hybridized carbons (Fsp3) is 0.889.